The molecular formula is C26H31NO2. The lowest BCUT2D eigenvalue weighted by Crippen LogP contribution is -2.30. The minimum Gasteiger partial charge on any atom is -0.489 e. The van der Waals surface area contributed by atoms with Crippen LogP contribution in [0.2, 0.25) is 0 Å². The fourth-order valence-corrected chi connectivity index (χ4v) is 5.64. The number of benzene rings is 2. The van der Waals surface area contributed by atoms with Crippen LogP contribution in [0.5, 0.6) is 5.75 Å². The van der Waals surface area contributed by atoms with Gasteiger partial charge in [-0.2, -0.15) is 0 Å². The molecule has 3 nitrogen and oxygen atoms in total. The van der Waals surface area contributed by atoms with Gasteiger partial charge in [-0.1, -0.05) is 42.0 Å². The largest absolute Gasteiger partial charge is 0.489 e. The van der Waals surface area contributed by atoms with E-state index in [0.717, 1.165) is 31.6 Å². The Balaban J connectivity index is 1.51. The van der Waals surface area contributed by atoms with Gasteiger partial charge in [-0.15, -0.1) is 0 Å². The molecule has 0 spiro atoms. The van der Waals surface area contributed by atoms with Crippen LogP contribution in [0.1, 0.15) is 59.0 Å². The van der Waals surface area contributed by atoms with Crippen LogP contribution in [0.4, 0.5) is 5.69 Å². The number of nitrogens with one attached hydrogen (secondary N) is 1. The molecular weight excluding hydrogens is 358 g/mol. The number of ether oxygens (including phenoxy) is 2. The lowest BCUT2D eigenvalue weighted by Gasteiger charge is -2.39. The van der Waals surface area contributed by atoms with Crippen molar-refractivity contribution in [2.75, 3.05) is 18.5 Å². The third kappa shape index (κ3) is 3.36. The Bertz CT molecular complexity index is 919. The minimum absolute atomic E-state index is 0.228. The van der Waals surface area contributed by atoms with E-state index in [9.17, 15) is 0 Å². The van der Waals surface area contributed by atoms with E-state index >= 15 is 0 Å². The zero-order valence-corrected chi connectivity index (χ0v) is 17.7. The molecule has 1 aliphatic carbocycles. The van der Waals surface area contributed by atoms with Crippen LogP contribution in [0.25, 0.3) is 0 Å². The van der Waals surface area contributed by atoms with E-state index in [2.05, 4.69) is 68.6 Å². The summed E-state index contributed by atoms with van der Waals surface area (Å²) in [5.41, 5.74) is 8.09. The third-order valence-electron chi connectivity index (χ3n) is 6.86. The smallest absolute Gasteiger partial charge is 0.142 e. The SMILES string of the molecule is Cc1cc(C)c(C2Nc3c(OCC4CCCO4)cccc3C3C=CCC32)c(C)c1. The predicted molar refractivity (Wildman–Crippen MR) is 118 cm³/mol. The molecule has 4 atom stereocenters. The number of hydrogen-bond donors (Lipinski definition) is 1. The summed E-state index contributed by atoms with van der Waals surface area (Å²) in [6, 6.07) is 11.4. The van der Waals surface area contributed by atoms with Crippen LogP contribution in [0.15, 0.2) is 42.5 Å². The lowest BCUT2D eigenvalue weighted by molar-refractivity contribution is 0.0681. The molecule has 152 valence electrons. The Morgan fingerprint density at radius 3 is 2.72 bits per heavy atom. The Labute approximate surface area is 174 Å². The average Bonchev–Trinajstić information content (AvgIpc) is 3.37. The van der Waals surface area contributed by atoms with Crippen molar-refractivity contribution in [2.24, 2.45) is 5.92 Å². The number of fused-ring (bicyclic) bond motifs is 3. The second kappa shape index (κ2) is 7.53. The summed E-state index contributed by atoms with van der Waals surface area (Å²) in [6.07, 6.45) is 8.35. The highest BCUT2D eigenvalue weighted by Gasteiger charge is 2.40. The highest BCUT2D eigenvalue weighted by atomic mass is 16.5. The van der Waals surface area contributed by atoms with E-state index in [4.69, 9.17) is 9.47 Å². The maximum atomic E-state index is 6.29. The zero-order chi connectivity index (χ0) is 20.0. The summed E-state index contributed by atoms with van der Waals surface area (Å²) in [5.74, 6) is 1.96. The monoisotopic (exact) mass is 389 g/mol. The Morgan fingerprint density at radius 1 is 1.14 bits per heavy atom. The summed E-state index contributed by atoms with van der Waals surface area (Å²) >= 11 is 0. The first-order chi connectivity index (χ1) is 14.1. The van der Waals surface area contributed by atoms with E-state index in [1.807, 2.05) is 0 Å². The molecule has 3 aliphatic rings. The first kappa shape index (κ1) is 18.7. The van der Waals surface area contributed by atoms with Crippen LogP contribution in [-0.2, 0) is 4.74 Å². The molecule has 5 rings (SSSR count). The molecule has 2 aromatic rings. The van der Waals surface area contributed by atoms with Crippen molar-refractivity contribution in [3.8, 4) is 5.75 Å². The van der Waals surface area contributed by atoms with E-state index in [-0.39, 0.29) is 6.10 Å². The molecule has 2 heterocycles. The standard InChI is InChI=1S/C26H31NO2/c1-16-13-17(2)24(18(3)14-16)26-22-9-4-8-20(22)21-10-5-11-23(25(21)27-26)29-15-19-7-6-12-28-19/h4-5,8,10-11,13-14,19-20,22,26-27H,6-7,9,12,15H2,1-3H3. The van der Waals surface area contributed by atoms with Gasteiger partial charge in [0, 0.05) is 12.5 Å². The minimum atomic E-state index is 0.228. The first-order valence-electron chi connectivity index (χ1n) is 11.0. The Hall–Kier alpha value is -2.26. The van der Waals surface area contributed by atoms with Crippen molar-refractivity contribution in [1.82, 2.24) is 0 Å². The van der Waals surface area contributed by atoms with Crippen LogP contribution in [0.3, 0.4) is 0 Å². The number of allylic oxidation sites excluding steroid dienone is 2. The third-order valence-corrected chi connectivity index (χ3v) is 6.86. The van der Waals surface area contributed by atoms with E-state index in [0.29, 0.717) is 24.5 Å². The van der Waals surface area contributed by atoms with Gasteiger partial charge in [0.15, 0.2) is 0 Å². The molecule has 0 aromatic heterocycles. The van der Waals surface area contributed by atoms with Gasteiger partial charge in [0.25, 0.3) is 0 Å². The number of aryl methyl sites for hydroxylation is 3. The van der Waals surface area contributed by atoms with Gasteiger partial charge in [-0.25, -0.2) is 0 Å². The maximum absolute atomic E-state index is 6.29. The van der Waals surface area contributed by atoms with Crippen LogP contribution >= 0.6 is 0 Å². The predicted octanol–water partition coefficient (Wildman–Crippen LogP) is 6.00. The maximum Gasteiger partial charge on any atom is 0.142 e. The molecule has 2 aromatic carbocycles. The van der Waals surface area contributed by atoms with Gasteiger partial charge in [-0.05, 0) is 74.3 Å². The van der Waals surface area contributed by atoms with Gasteiger partial charge >= 0.3 is 0 Å². The van der Waals surface area contributed by atoms with Crippen molar-refractivity contribution in [3.05, 3.63) is 70.3 Å². The Kier molecular flexibility index (Phi) is 4.87. The highest BCUT2D eigenvalue weighted by Crippen LogP contribution is 2.53. The topological polar surface area (TPSA) is 30.5 Å². The summed E-state index contributed by atoms with van der Waals surface area (Å²) in [4.78, 5) is 0. The number of para-hydroxylation sites is 1. The molecule has 1 N–H and O–H groups in total. The van der Waals surface area contributed by atoms with Crippen molar-refractivity contribution < 1.29 is 9.47 Å². The second-order valence-corrected chi connectivity index (χ2v) is 8.95. The van der Waals surface area contributed by atoms with Crippen molar-refractivity contribution in [2.45, 2.75) is 58.1 Å². The van der Waals surface area contributed by atoms with Crippen molar-refractivity contribution in [3.63, 3.8) is 0 Å². The molecule has 1 saturated heterocycles. The first-order valence-corrected chi connectivity index (χ1v) is 11.0. The van der Waals surface area contributed by atoms with Crippen LogP contribution in [-0.4, -0.2) is 19.3 Å². The van der Waals surface area contributed by atoms with Gasteiger partial charge in [0.2, 0.25) is 0 Å². The zero-order valence-electron chi connectivity index (χ0n) is 17.7. The molecule has 1 fully saturated rings. The molecule has 0 saturated carbocycles. The van der Waals surface area contributed by atoms with Crippen LogP contribution in [0, 0.1) is 26.7 Å². The summed E-state index contributed by atoms with van der Waals surface area (Å²) in [6.45, 7) is 8.19. The van der Waals surface area contributed by atoms with Gasteiger partial charge < -0.3 is 14.8 Å². The number of anilines is 1. The van der Waals surface area contributed by atoms with E-state index in [1.54, 1.807) is 0 Å². The average molecular weight is 390 g/mol. The summed E-state index contributed by atoms with van der Waals surface area (Å²) in [5, 5.41) is 3.92. The normalized spacial score (nSPS) is 27.4. The Morgan fingerprint density at radius 2 is 1.97 bits per heavy atom. The van der Waals surface area contributed by atoms with E-state index in [1.165, 1.54) is 33.5 Å². The van der Waals surface area contributed by atoms with Gasteiger partial charge in [-0.3, -0.25) is 0 Å². The molecule has 29 heavy (non-hydrogen) atoms. The highest BCUT2D eigenvalue weighted by molar-refractivity contribution is 5.68. The quantitative estimate of drug-likeness (QED) is 0.651. The van der Waals surface area contributed by atoms with Gasteiger partial charge in [0.1, 0.15) is 12.4 Å². The fourth-order valence-electron chi connectivity index (χ4n) is 5.64. The van der Waals surface area contributed by atoms with Crippen molar-refractivity contribution >= 4 is 5.69 Å². The van der Waals surface area contributed by atoms with Crippen molar-refractivity contribution in [1.29, 1.82) is 0 Å². The molecule has 0 amide bonds. The van der Waals surface area contributed by atoms with Crippen LogP contribution < -0.4 is 10.1 Å². The molecule has 0 radical (unpaired) electrons. The molecule has 0 bridgehead atoms. The molecule has 2 aliphatic heterocycles. The second-order valence-electron chi connectivity index (χ2n) is 8.95. The van der Waals surface area contributed by atoms with E-state index < -0.39 is 0 Å². The summed E-state index contributed by atoms with van der Waals surface area (Å²) in [7, 11) is 0. The van der Waals surface area contributed by atoms with Gasteiger partial charge in [0.05, 0.1) is 17.8 Å². The molecule has 4 unspecified atom stereocenters. The lowest BCUT2D eigenvalue weighted by atomic mass is 9.75. The fraction of sp³-hybridized carbons (Fsp3) is 0.462. The molecule has 3 heteroatoms. The summed E-state index contributed by atoms with van der Waals surface area (Å²) < 4.78 is 12.1. The number of hydrogen-bond acceptors (Lipinski definition) is 3. The number of rotatable bonds is 4.